The third-order valence-corrected chi connectivity index (χ3v) is 8.25. The van der Waals surface area contributed by atoms with Crippen LogP contribution < -0.4 is 20.1 Å². The molecule has 0 spiro atoms. The fraction of sp³-hybridized carbons (Fsp3) is 0.556. The average molecular weight is 612 g/mol. The van der Waals surface area contributed by atoms with Crippen LogP contribution in [0, 0.1) is 5.82 Å². The first-order valence-electron chi connectivity index (χ1n) is 13.7. The molecule has 2 saturated heterocycles. The maximum atomic E-state index is 14.1. The van der Waals surface area contributed by atoms with Crippen LogP contribution in [0.1, 0.15) is 42.2 Å². The molecule has 2 fully saturated rings. The summed E-state index contributed by atoms with van der Waals surface area (Å²) in [5, 5.41) is 11.6. The molecule has 1 unspecified atom stereocenters. The van der Waals surface area contributed by atoms with Gasteiger partial charge in [0.25, 0.3) is 5.91 Å². The quantitative estimate of drug-likeness (QED) is 0.341. The molecule has 0 bridgehead atoms. The number of anilines is 2. The Balaban J connectivity index is 1.35. The molecular weight excluding hydrogens is 573 g/mol. The number of halogens is 2. The molecule has 1 aromatic heterocycles. The van der Waals surface area contributed by atoms with Crippen molar-refractivity contribution in [2.75, 3.05) is 62.8 Å². The van der Waals surface area contributed by atoms with Crippen molar-refractivity contribution in [3.8, 4) is 5.75 Å². The molecule has 0 radical (unpaired) electrons. The SMILES string of the molecule is C=S(C)(=O)Oc1cc(CN2CCC(N3CCN(c4nc(N)c(C(=O)NCCO)nc4Cl)C[C@@H]3CC)CC2)ccc1F. The van der Waals surface area contributed by atoms with E-state index in [9.17, 15) is 13.4 Å². The molecular formula is C27H39ClFN7O4S. The summed E-state index contributed by atoms with van der Waals surface area (Å²) in [6.45, 7) is 6.77. The van der Waals surface area contributed by atoms with E-state index in [-0.39, 0.29) is 41.6 Å². The monoisotopic (exact) mass is 611 g/mol. The zero-order chi connectivity index (χ0) is 29.7. The van der Waals surface area contributed by atoms with Crippen LogP contribution in [0.15, 0.2) is 18.2 Å². The number of nitrogens with zero attached hydrogens (tertiary/aromatic N) is 5. The standard InChI is InChI=1S/C27H39ClFN7O4S/c1-4-19-17-35(26-24(28)32-23(25(30)33-26)27(38)31-9-14-37)12-13-36(19)20-7-10-34(11-8-20)16-18-5-6-21(29)22(15-18)40-41(2,3)39/h5-6,15,19-20,37H,2,4,7-14,16-17H2,1,3H3,(H2,30,33)(H,31,38)/t19-,41?/m0/s1. The molecule has 1 amide bonds. The number of hydrogen-bond donors (Lipinski definition) is 3. The second kappa shape index (κ2) is 13.5. The lowest BCUT2D eigenvalue weighted by molar-refractivity contribution is 0.0610. The number of aliphatic hydroxyl groups is 1. The molecule has 41 heavy (non-hydrogen) atoms. The minimum Gasteiger partial charge on any atom is -0.406 e. The molecule has 4 N–H and O–H groups in total. The van der Waals surface area contributed by atoms with E-state index in [0.717, 1.165) is 44.5 Å². The Hall–Kier alpha value is -2.71. The van der Waals surface area contributed by atoms with E-state index in [0.29, 0.717) is 31.5 Å². The van der Waals surface area contributed by atoms with Gasteiger partial charge >= 0.3 is 0 Å². The molecule has 14 heteroatoms. The number of likely N-dealkylation sites (tertiary alicyclic amines) is 1. The topological polar surface area (TPSA) is 137 Å². The highest BCUT2D eigenvalue weighted by Crippen LogP contribution is 2.30. The number of carbonyl (C=O) groups excluding carboxylic acids is 1. The summed E-state index contributed by atoms with van der Waals surface area (Å²) in [4.78, 5) is 27.9. The van der Waals surface area contributed by atoms with Gasteiger partial charge in [-0.3, -0.25) is 14.6 Å². The molecule has 3 heterocycles. The highest BCUT2D eigenvalue weighted by atomic mass is 35.5. The van der Waals surface area contributed by atoms with Crippen molar-refractivity contribution in [1.82, 2.24) is 25.1 Å². The molecule has 2 aromatic rings. The summed E-state index contributed by atoms with van der Waals surface area (Å²) in [5.74, 6) is 2.80. The zero-order valence-corrected chi connectivity index (χ0v) is 25.1. The fourth-order valence-electron chi connectivity index (χ4n) is 5.51. The molecule has 4 rings (SSSR count). The van der Waals surface area contributed by atoms with Crippen LogP contribution in [-0.4, -0.2) is 105 Å². The van der Waals surface area contributed by atoms with Crippen molar-refractivity contribution in [2.45, 2.75) is 44.8 Å². The minimum absolute atomic E-state index is 0.00261. The second-order valence-corrected chi connectivity index (χ2v) is 13.0. The normalized spacial score (nSPS) is 20.5. The van der Waals surface area contributed by atoms with Crippen LogP contribution in [0.5, 0.6) is 5.75 Å². The van der Waals surface area contributed by atoms with Crippen LogP contribution in [0.25, 0.3) is 0 Å². The lowest BCUT2D eigenvalue weighted by atomic mass is 9.98. The summed E-state index contributed by atoms with van der Waals surface area (Å²) in [5.41, 5.74) is 6.90. The van der Waals surface area contributed by atoms with Gasteiger partial charge in [0.2, 0.25) is 0 Å². The smallest absolute Gasteiger partial charge is 0.273 e. The fourth-order valence-corrected chi connectivity index (χ4v) is 6.27. The van der Waals surface area contributed by atoms with Gasteiger partial charge in [0.1, 0.15) is 9.80 Å². The van der Waals surface area contributed by atoms with Crippen molar-refractivity contribution >= 4 is 44.8 Å². The van der Waals surface area contributed by atoms with Gasteiger partial charge in [-0.2, -0.15) is 0 Å². The largest absolute Gasteiger partial charge is 0.406 e. The minimum atomic E-state index is -2.82. The number of amides is 1. The molecule has 2 aliphatic rings. The highest BCUT2D eigenvalue weighted by Gasteiger charge is 2.34. The Kier molecular flexibility index (Phi) is 10.3. The number of aliphatic hydroxyl groups excluding tert-OH is 1. The maximum absolute atomic E-state index is 14.1. The average Bonchev–Trinajstić information content (AvgIpc) is 2.94. The van der Waals surface area contributed by atoms with Crippen LogP contribution >= 0.6 is 11.6 Å². The molecule has 1 aromatic carbocycles. The number of benzene rings is 1. The highest BCUT2D eigenvalue weighted by molar-refractivity contribution is 7.95. The zero-order valence-electron chi connectivity index (χ0n) is 23.5. The number of carbonyl (C=O) groups is 1. The van der Waals surface area contributed by atoms with Gasteiger partial charge in [-0.1, -0.05) is 24.6 Å². The van der Waals surface area contributed by atoms with Gasteiger partial charge in [-0.15, -0.1) is 0 Å². The number of aromatic nitrogens is 2. The van der Waals surface area contributed by atoms with Crippen molar-refractivity contribution in [3.05, 3.63) is 40.4 Å². The number of nitrogens with one attached hydrogen (secondary N) is 1. The summed E-state index contributed by atoms with van der Waals surface area (Å²) in [6.07, 6.45) is 4.30. The summed E-state index contributed by atoms with van der Waals surface area (Å²) in [7, 11) is -2.82. The molecule has 11 nitrogen and oxygen atoms in total. The predicted octanol–water partition coefficient (Wildman–Crippen LogP) is 1.78. The van der Waals surface area contributed by atoms with Crippen LogP contribution in [0.3, 0.4) is 0 Å². The first-order valence-corrected chi connectivity index (χ1v) is 16.2. The lowest BCUT2D eigenvalue weighted by Crippen LogP contribution is -2.58. The van der Waals surface area contributed by atoms with Gasteiger partial charge in [0.15, 0.2) is 34.0 Å². The van der Waals surface area contributed by atoms with Gasteiger partial charge in [-0.05, 0) is 55.9 Å². The van der Waals surface area contributed by atoms with Gasteiger partial charge in [0, 0.05) is 51.1 Å². The summed E-state index contributed by atoms with van der Waals surface area (Å²) in [6, 6.07) is 5.41. The van der Waals surface area contributed by atoms with Crippen molar-refractivity contribution in [2.24, 2.45) is 0 Å². The molecule has 2 atom stereocenters. The van der Waals surface area contributed by atoms with E-state index < -0.39 is 21.5 Å². The number of piperidine rings is 1. The van der Waals surface area contributed by atoms with Crippen molar-refractivity contribution < 1.29 is 22.7 Å². The first kappa shape index (κ1) is 31.2. The van der Waals surface area contributed by atoms with E-state index >= 15 is 0 Å². The number of rotatable bonds is 10. The maximum Gasteiger partial charge on any atom is 0.273 e. The molecule has 0 aliphatic carbocycles. The third-order valence-electron chi connectivity index (χ3n) is 7.47. The van der Waals surface area contributed by atoms with E-state index in [1.54, 1.807) is 12.1 Å². The molecule has 2 aliphatic heterocycles. The Morgan fingerprint density at radius 3 is 2.68 bits per heavy atom. The number of nitrogen functional groups attached to an aromatic ring is 1. The molecule has 226 valence electrons. The van der Waals surface area contributed by atoms with E-state index in [1.165, 1.54) is 12.3 Å². The van der Waals surface area contributed by atoms with Gasteiger partial charge in [-0.25, -0.2) is 18.6 Å². The van der Waals surface area contributed by atoms with E-state index in [1.807, 2.05) is 0 Å². The van der Waals surface area contributed by atoms with Crippen LogP contribution in [0.2, 0.25) is 5.15 Å². The number of hydrogen-bond acceptors (Lipinski definition) is 10. The second-order valence-electron chi connectivity index (χ2n) is 10.6. The lowest BCUT2D eigenvalue weighted by Gasteiger charge is -2.47. The van der Waals surface area contributed by atoms with E-state index in [4.69, 9.17) is 26.6 Å². The van der Waals surface area contributed by atoms with Crippen molar-refractivity contribution in [1.29, 1.82) is 0 Å². The van der Waals surface area contributed by atoms with Gasteiger partial charge < -0.3 is 25.2 Å². The first-order chi connectivity index (χ1) is 19.5. The third kappa shape index (κ3) is 7.98. The summed E-state index contributed by atoms with van der Waals surface area (Å²) >= 11 is 6.46. The number of piperazine rings is 1. The van der Waals surface area contributed by atoms with Crippen LogP contribution in [0.4, 0.5) is 16.0 Å². The predicted molar refractivity (Wildman–Crippen MR) is 160 cm³/mol. The Morgan fingerprint density at radius 1 is 1.29 bits per heavy atom. The summed E-state index contributed by atoms with van der Waals surface area (Å²) < 4.78 is 31.3. The Labute approximate surface area is 246 Å². The van der Waals surface area contributed by atoms with Crippen LogP contribution in [-0.2, 0) is 16.3 Å². The van der Waals surface area contributed by atoms with Gasteiger partial charge in [0.05, 0.1) is 6.61 Å². The molecule has 0 saturated carbocycles. The van der Waals surface area contributed by atoms with E-state index in [2.05, 4.69) is 42.8 Å². The Bertz CT molecular complexity index is 1340. The van der Waals surface area contributed by atoms with Crippen molar-refractivity contribution in [3.63, 3.8) is 0 Å². The number of nitrogens with two attached hydrogens (primary N) is 1. The Morgan fingerprint density at radius 2 is 2.02 bits per heavy atom.